The van der Waals surface area contributed by atoms with Crippen LogP contribution in [0, 0.1) is 5.92 Å². The minimum absolute atomic E-state index is 0.107. The molecule has 0 radical (unpaired) electrons. The molecule has 2 fully saturated rings. The number of likely N-dealkylation sites (N-methyl/N-ethyl adjacent to an activating group) is 1. The summed E-state index contributed by atoms with van der Waals surface area (Å²) in [7, 11) is 0.340. The average Bonchev–Trinajstić information content (AvgIpc) is 2.48. The third-order valence-corrected chi connectivity index (χ3v) is 7.28. The molecule has 2 rings (SSSR count). The molecular formula is C15H31N3O2S. The molecular weight excluding hydrogens is 286 g/mol. The molecule has 1 heterocycles. The standard InChI is InChI=1S/C15H31N3O2S/c1-13-8-4-5-10-15(13)17(3)21(19,20)18-11-7-6-9-14(18)12-16-2/h13-16H,4-12H2,1-3H3. The molecule has 3 atom stereocenters. The Kier molecular flexibility index (Phi) is 6.05. The summed E-state index contributed by atoms with van der Waals surface area (Å²) in [6.07, 6.45) is 7.60. The van der Waals surface area contributed by atoms with E-state index in [2.05, 4.69) is 12.2 Å². The highest BCUT2D eigenvalue weighted by Crippen LogP contribution is 2.31. The fraction of sp³-hybridized carbons (Fsp3) is 1.00. The zero-order valence-corrected chi connectivity index (χ0v) is 14.5. The van der Waals surface area contributed by atoms with E-state index in [9.17, 15) is 8.42 Å². The summed E-state index contributed by atoms with van der Waals surface area (Å²) < 4.78 is 29.5. The molecule has 1 saturated carbocycles. The Morgan fingerprint density at radius 3 is 2.48 bits per heavy atom. The molecule has 1 aliphatic heterocycles. The average molecular weight is 317 g/mol. The van der Waals surface area contributed by atoms with Crippen molar-refractivity contribution in [3.8, 4) is 0 Å². The fourth-order valence-electron chi connectivity index (χ4n) is 3.89. The third kappa shape index (κ3) is 3.78. The van der Waals surface area contributed by atoms with Crippen molar-refractivity contribution in [2.75, 3.05) is 27.2 Å². The summed E-state index contributed by atoms with van der Waals surface area (Å²) in [6, 6.07) is 0.274. The number of hydrogen-bond acceptors (Lipinski definition) is 3. The second-order valence-corrected chi connectivity index (χ2v) is 8.61. The maximum atomic E-state index is 13.0. The van der Waals surface area contributed by atoms with E-state index in [0.717, 1.165) is 45.1 Å². The fourth-order valence-corrected chi connectivity index (χ4v) is 5.79. The van der Waals surface area contributed by atoms with E-state index in [0.29, 0.717) is 12.5 Å². The van der Waals surface area contributed by atoms with Gasteiger partial charge in [-0.25, -0.2) is 0 Å². The summed E-state index contributed by atoms with van der Waals surface area (Å²) >= 11 is 0. The Balaban J connectivity index is 2.14. The monoisotopic (exact) mass is 317 g/mol. The molecule has 1 saturated heterocycles. The van der Waals surface area contributed by atoms with Crippen molar-refractivity contribution in [2.24, 2.45) is 5.92 Å². The van der Waals surface area contributed by atoms with Crippen LogP contribution in [-0.2, 0) is 10.2 Å². The van der Waals surface area contributed by atoms with Gasteiger partial charge in [0.1, 0.15) is 0 Å². The van der Waals surface area contributed by atoms with Crippen LogP contribution in [0.2, 0.25) is 0 Å². The number of hydrogen-bond donors (Lipinski definition) is 1. The lowest BCUT2D eigenvalue weighted by molar-refractivity contribution is 0.182. The van der Waals surface area contributed by atoms with Crippen molar-refractivity contribution < 1.29 is 8.42 Å². The minimum atomic E-state index is -3.34. The zero-order valence-electron chi connectivity index (χ0n) is 13.7. The third-order valence-electron chi connectivity index (χ3n) is 5.21. The van der Waals surface area contributed by atoms with Gasteiger partial charge in [0.15, 0.2) is 0 Å². The minimum Gasteiger partial charge on any atom is -0.318 e. The molecule has 0 aromatic rings. The van der Waals surface area contributed by atoms with Gasteiger partial charge >= 0.3 is 0 Å². The summed E-state index contributed by atoms with van der Waals surface area (Å²) in [4.78, 5) is 0. The van der Waals surface area contributed by atoms with Gasteiger partial charge in [-0.05, 0) is 38.6 Å². The van der Waals surface area contributed by atoms with E-state index < -0.39 is 10.2 Å². The van der Waals surface area contributed by atoms with Gasteiger partial charge in [-0.15, -0.1) is 0 Å². The summed E-state index contributed by atoms with van der Waals surface area (Å²) in [5.74, 6) is 0.464. The predicted molar refractivity (Wildman–Crippen MR) is 86.4 cm³/mol. The van der Waals surface area contributed by atoms with Crippen LogP contribution < -0.4 is 5.32 Å². The first-order chi connectivity index (χ1) is 9.98. The van der Waals surface area contributed by atoms with Crippen LogP contribution >= 0.6 is 0 Å². The molecule has 2 aliphatic rings. The van der Waals surface area contributed by atoms with Gasteiger partial charge in [-0.2, -0.15) is 17.0 Å². The maximum absolute atomic E-state index is 13.0. The molecule has 21 heavy (non-hydrogen) atoms. The summed E-state index contributed by atoms with van der Waals surface area (Å²) in [6.45, 7) is 3.60. The van der Waals surface area contributed by atoms with Crippen LogP contribution in [0.25, 0.3) is 0 Å². The van der Waals surface area contributed by atoms with Gasteiger partial charge in [0.05, 0.1) is 0 Å². The van der Waals surface area contributed by atoms with E-state index >= 15 is 0 Å². The Morgan fingerprint density at radius 1 is 1.14 bits per heavy atom. The molecule has 0 spiro atoms. The van der Waals surface area contributed by atoms with E-state index in [1.54, 1.807) is 15.7 Å². The van der Waals surface area contributed by atoms with Gasteiger partial charge in [0.2, 0.25) is 0 Å². The van der Waals surface area contributed by atoms with Gasteiger partial charge in [-0.1, -0.05) is 26.2 Å². The molecule has 0 bridgehead atoms. The smallest absolute Gasteiger partial charge is 0.282 e. The molecule has 0 aromatic heterocycles. The highest BCUT2D eigenvalue weighted by Gasteiger charge is 2.39. The molecule has 0 amide bonds. The normalized spacial score (nSPS) is 32.5. The molecule has 1 aliphatic carbocycles. The number of nitrogens with one attached hydrogen (secondary N) is 1. The van der Waals surface area contributed by atoms with E-state index in [1.165, 1.54) is 6.42 Å². The quantitative estimate of drug-likeness (QED) is 0.841. The van der Waals surface area contributed by atoms with E-state index in [4.69, 9.17) is 0 Å². The van der Waals surface area contributed by atoms with Crippen LogP contribution in [0.5, 0.6) is 0 Å². The Bertz CT molecular complexity index is 425. The lowest BCUT2D eigenvalue weighted by Crippen LogP contribution is -2.55. The summed E-state index contributed by atoms with van der Waals surface area (Å²) in [5.41, 5.74) is 0. The molecule has 0 aromatic carbocycles. The van der Waals surface area contributed by atoms with Gasteiger partial charge in [-0.3, -0.25) is 0 Å². The van der Waals surface area contributed by atoms with Crippen LogP contribution in [0.15, 0.2) is 0 Å². The van der Waals surface area contributed by atoms with Gasteiger partial charge in [0.25, 0.3) is 10.2 Å². The number of rotatable bonds is 5. The van der Waals surface area contributed by atoms with Crippen molar-refractivity contribution in [3.63, 3.8) is 0 Å². The maximum Gasteiger partial charge on any atom is 0.282 e. The van der Waals surface area contributed by atoms with Crippen molar-refractivity contribution in [1.29, 1.82) is 0 Å². The van der Waals surface area contributed by atoms with E-state index in [-0.39, 0.29) is 12.1 Å². The first-order valence-corrected chi connectivity index (χ1v) is 9.77. The van der Waals surface area contributed by atoms with Crippen molar-refractivity contribution in [2.45, 2.75) is 64.0 Å². The first-order valence-electron chi connectivity index (χ1n) is 8.38. The van der Waals surface area contributed by atoms with Crippen LogP contribution in [0.3, 0.4) is 0 Å². The second-order valence-electron chi connectivity index (χ2n) is 6.67. The SMILES string of the molecule is CNCC1CCCCN1S(=O)(=O)N(C)C1CCCCC1C. The van der Waals surface area contributed by atoms with Crippen molar-refractivity contribution >= 4 is 10.2 Å². The Hall–Kier alpha value is -0.170. The van der Waals surface area contributed by atoms with Crippen LogP contribution in [-0.4, -0.2) is 56.3 Å². The summed E-state index contributed by atoms with van der Waals surface area (Å²) in [5, 5.41) is 3.14. The number of nitrogens with zero attached hydrogens (tertiary/aromatic N) is 2. The van der Waals surface area contributed by atoms with Gasteiger partial charge in [0, 0.05) is 32.2 Å². The number of piperidine rings is 1. The van der Waals surface area contributed by atoms with Crippen LogP contribution in [0.1, 0.15) is 51.9 Å². The largest absolute Gasteiger partial charge is 0.318 e. The zero-order chi connectivity index (χ0) is 15.5. The highest BCUT2D eigenvalue weighted by molar-refractivity contribution is 7.86. The molecule has 124 valence electrons. The van der Waals surface area contributed by atoms with Gasteiger partial charge < -0.3 is 5.32 Å². The molecule has 6 heteroatoms. The first kappa shape index (κ1) is 17.2. The Labute approximate surface area is 130 Å². The van der Waals surface area contributed by atoms with Crippen LogP contribution in [0.4, 0.5) is 0 Å². The molecule has 5 nitrogen and oxygen atoms in total. The predicted octanol–water partition coefficient (Wildman–Crippen LogP) is 1.82. The lowest BCUT2D eigenvalue weighted by atomic mass is 9.86. The molecule has 1 N–H and O–H groups in total. The van der Waals surface area contributed by atoms with E-state index in [1.807, 2.05) is 7.05 Å². The van der Waals surface area contributed by atoms with Crippen molar-refractivity contribution in [3.05, 3.63) is 0 Å². The highest BCUT2D eigenvalue weighted by atomic mass is 32.2. The van der Waals surface area contributed by atoms with Crippen molar-refractivity contribution in [1.82, 2.24) is 13.9 Å². The second kappa shape index (κ2) is 7.40. The lowest BCUT2D eigenvalue weighted by Gasteiger charge is -2.41. The topological polar surface area (TPSA) is 52.7 Å². The Morgan fingerprint density at radius 2 is 1.81 bits per heavy atom. The molecule has 3 unspecified atom stereocenters.